The van der Waals surface area contributed by atoms with Gasteiger partial charge in [-0.05, 0) is 37.5 Å². The molecule has 1 aromatic carbocycles. The molecule has 3 rings (SSSR count). The number of rotatable bonds is 4. The predicted octanol–water partition coefficient (Wildman–Crippen LogP) is 3.26. The Hall–Kier alpha value is -1.98. The van der Waals surface area contributed by atoms with Crippen LogP contribution in [0, 0.1) is 20.2 Å². The zero-order chi connectivity index (χ0) is 12.9. The van der Waals surface area contributed by atoms with Crippen LogP contribution in [0.3, 0.4) is 0 Å². The molecular formula is C12H12N2O4. The third-order valence-electron chi connectivity index (χ3n) is 3.61. The fraction of sp³-hybridized carbons (Fsp3) is 0.500. The van der Waals surface area contributed by atoms with Gasteiger partial charge in [0.2, 0.25) is 0 Å². The van der Waals surface area contributed by atoms with Gasteiger partial charge < -0.3 is 0 Å². The minimum atomic E-state index is -0.586. The van der Waals surface area contributed by atoms with E-state index in [-0.39, 0.29) is 23.2 Å². The summed E-state index contributed by atoms with van der Waals surface area (Å²) in [4.78, 5) is 21.2. The summed E-state index contributed by atoms with van der Waals surface area (Å²) in [5, 5.41) is 22.4. The molecule has 2 aliphatic rings. The molecule has 2 aliphatic carbocycles. The van der Waals surface area contributed by atoms with Gasteiger partial charge in [-0.2, -0.15) is 0 Å². The minimum Gasteiger partial charge on any atom is -0.258 e. The van der Waals surface area contributed by atoms with Gasteiger partial charge in [0.05, 0.1) is 9.85 Å². The molecule has 94 valence electrons. The predicted molar refractivity (Wildman–Crippen MR) is 63.7 cm³/mol. The first-order valence-corrected chi connectivity index (χ1v) is 6.05. The maximum absolute atomic E-state index is 11.2. The van der Waals surface area contributed by atoms with Gasteiger partial charge in [0, 0.05) is 11.1 Å². The van der Waals surface area contributed by atoms with Crippen LogP contribution in [0.1, 0.15) is 48.6 Å². The lowest BCUT2D eigenvalue weighted by Crippen LogP contribution is -2.03. The van der Waals surface area contributed by atoms with E-state index >= 15 is 0 Å². The van der Waals surface area contributed by atoms with Gasteiger partial charge in [0.25, 0.3) is 0 Å². The lowest BCUT2D eigenvalue weighted by molar-refractivity contribution is -0.423. The molecule has 2 saturated carbocycles. The Balaban J connectivity index is 2.22. The van der Waals surface area contributed by atoms with Crippen molar-refractivity contribution in [1.82, 2.24) is 0 Å². The normalized spacial score (nSPS) is 18.7. The lowest BCUT2D eigenvalue weighted by atomic mass is 10.00. The summed E-state index contributed by atoms with van der Waals surface area (Å²) in [6.07, 6.45) is 3.56. The summed E-state index contributed by atoms with van der Waals surface area (Å²) in [5.74, 6) is 0.273. The number of nitro benzene ring substituents is 2. The quantitative estimate of drug-likeness (QED) is 0.604. The Kier molecular flexibility index (Phi) is 2.33. The zero-order valence-corrected chi connectivity index (χ0v) is 9.67. The highest BCUT2D eigenvalue weighted by atomic mass is 16.6. The lowest BCUT2D eigenvalue weighted by Gasteiger charge is -2.06. The first-order chi connectivity index (χ1) is 8.59. The van der Waals surface area contributed by atoms with Crippen molar-refractivity contribution >= 4 is 11.4 Å². The van der Waals surface area contributed by atoms with Crippen LogP contribution in [0.2, 0.25) is 0 Å². The molecule has 0 radical (unpaired) electrons. The maximum atomic E-state index is 11.2. The van der Waals surface area contributed by atoms with E-state index < -0.39 is 9.85 Å². The molecule has 0 amide bonds. The second-order valence-corrected chi connectivity index (χ2v) is 5.00. The van der Waals surface area contributed by atoms with Crippen molar-refractivity contribution in [2.45, 2.75) is 37.5 Å². The molecule has 18 heavy (non-hydrogen) atoms. The summed E-state index contributed by atoms with van der Waals surface area (Å²) in [5.41, 5.74) is 0.533. The molecule has 6 nitrogen and oxygen atoms in total. The smallest absolute Gasteiger partial charge is 0.258 e. The minimum absolute atomic E-state index is 0.136. The van der Waals surface area contributed by atoms with E-state index in [9.17, 15) is 20.2 Å². The van der Waals surface area contributed by atoms with Gasteiger partial charge in [-0.3, -0.25) is 20.2 Å². The summed E-state index contributed by atoms with van der Waals surface area (Å²) in [7, 11) is 0. The van der Waals surface area contributed by atoms with Gasteiger partial charge in [-0.1, -0.05) is 12.1 Å². The summed E-state index contributed by atoms with van der Waals surface area (Å²) in [6.45, 7) is 0. The number of hydrogen-bond donors (Lipinski definition) is 0. The number of hydrogen-bond acceptors (Lipinski definition) is 4. The van der Waals surface area contributed by atoms with Crippen LogP contribution in [-0.2, 0) is 0 Å². The van der Waals surface area contributed by atoms with E-state index in [2.05, 4.69) is 0 Å². The van der Waals surface area contributed by atoms with E-state index in [1.807, 2.05) is 0 Å². The van der Waals surface area contributed by atoms with Gasteiger partial charge in [-0.25, -0.2) is 0 Å². The molecule has 0 aliphatic heterocycles. The van der Waals surface area contributed by atoms with Crippen LogP contribution in [0.4, 0.5) is 11.4 Å². The molecule has 0 saturated heterocycles. The molecule has 1 aromatic rings. The highest BCUT2D eigenvalue weighted by molar-refractivity contribution is 5.65. The Morgan fingerprint density at radius 1 is 0.833 bits per heavy atom. The van der Waals surface area contributed by atoms with Crippen LogP contribution in [0.25, 0.3) is 0 Å². The van der Waals surface area contributed by atoms with Crippen molar-refractivity contribution in [3.05, 3.63) is 43.5 Å². The largest absolute Gasteiger partial charge is 0.349 e. The number of benzene rings is 1. The molecule has 0 heterocycles. The van der Waals surface area contributed by atoms with E-state index in [4.69, 9.17) is 0 Å². The molecule has 2 fully saturated rings. The number of nitrogens with zero attached hydrogens (tertiary/aromatic N) is 2. The van der Waals surface area contributed by atoms with Crippen molar-refractivity contribution in [3.8, 4) is 0 Å². The van der Waals surface area contributed by atoms with E-state index in [0.29, 0.717) is 11.1 Å². The molecule has 0 unspecified atom stereocenters. The van der Waals surface area contributed by atoms with Crippen LogP contribution in [-0.4, -0.2) is 9.85 Å². The van der Waals surface area contributed by atoms with Gasteiger partial charge in [0.1, 0.15) is 0 Å². The standard InChI is InChI=1S/C12H12N2O4/c15-13(16)11-9(7-1-2-7)5-6-10(8-3-4-8)12(11)14(17)18/h5-8H,1-4H2. The first-order valence-electron chi connectivity index (χ1n) is 6.05. The molecule has 0 bridgehead atoms. The zero-order valence-electron chi connectivity index (χ0n) is 9.67. The van der Waals surface area contributed by atoms with E-state index in [1.54, 1.807) is 12.1 Å². The topological polar surface area (TPSA) is 86.3 Å². The van der Waals surface area contributed by atoms with Crippen molar-refractivity contribution < 1.29 is 9.85 Å². The van der Waals surface area contributed by atoms with Crippen molar-refractivity contribution in [2.75, 3.05) is 0 Å². The van der Waals surface area contributed by atoms with Gasteiger partial charge in [0.15, 0.2) is 0 Å². The highest BCUT2D eigenvalue weighted by Gasteiger charge is 2.42. The average molecular weight is 248 g/mol. The monoisotopic (exact) mass is 248 g/mol. The molecule has 0 N–H and O–H groups in total. The SMILES string of the molecule is O=[N+]([O-])c1c(C2CC2)ccc(C2CC2)c1[N+](=O)[O-]. The second kappa shape index (κ2) is 3.76. The van der Waals surface area contributed by atoms with Crippen LogP contribution >= 0.6 is 0 Å². The molecule has 0 spiro atoms. The fourth-order valence-electron chi connectivity index (χ4n) is 2.44. The van der Waals surface area contributed by atoms with Crippen molar-refractivity contribution in [1.29, 1.82) is 0 Å². The maximum Gasteiger partial charge on any atom is 0.349 e. The number of nitro groups is 2. The average Bonchev–Trinajstić information content (AvgIpc) is 3.16. The van der Waals surface area contributed by atoms with Crippen molar-refractivity contribution in [3.63, 3.8) is 0 Å². The summed E-state index contributed by atoms with van der Waals surface area (Å²) in [6, 6.07) is 3.44. The third kappa shape index (κ3) is 1.73. The fourth-order valence-corrected chi connectivity index (χ4v) is 2.44. The highest BCUT2D eigenvalue weighted by Crippen LogP contribution is 2.52. The van der Waals surface area contributed by atoms with Crippen molar-refractivity contribution in [2.24, 2.45) is 0 Å². The molecule has 0 atom stereocenters. The van der Waals surface area contributed by atoms with Gasteiger partial charge >= 0.3 is 11.4 Å². The first kappa shape index (κ1) is 11.1. The Bertz CT molecular complexity index is 498. The molecular weight excluding hydrogens is 236 g/mol. The van der Waals surface area contributed by atoms with Crippen LogP contribution in [0.5, 0.6) is 0 Å². The Morgan fingerprint density at radius 2 is 1.17 bits per heavy atom. The van der Waals surface area contributed by atoms with E-state index in [1.165, 1.54) is 0 Å². The molecule has 0 aromatic heterocycles. The Labute approximate surface area is 103 Å². The van der Waals surface area contributed by atoms with Gasteiger partial charge in [-0.15, -0.1) is 0 Å². The second-order valence-electron chi connectivity index (χ2n) is 5.00. The molecule has 6 heteroatoms. The Morgan fingerprint density at radius 3 is 1.39 bits per heavy atom. The van der Waals surface area contributed by atoms with Crippen LogP contribution in [0.15, 0.2) is 12.1 Å². The summed E-state index contributed by atoms with van der Waals surface area (Å²) < 4.78 is 0. The summed E-state index contributed by atoms with van der Waals surface area (Å²) >= 11 is 0. The third-order valence-corrected chi connectivity index (χ3v) is 3.61. The van der Waals surface area contributed by atoms with E-state index in [0.717, 1.165) is 25.7 Å². The van der Waals surface area contributed by atoms with Crippen LogP contribution < -0.4 is 0 Å².